The zero-order valence-electron chi connectivity index (χ0n) is 8.47. The lowest BCUT2D eigenvalue weighted by molar-refractivity contribution is 0.484. The Labute approximate surface area is 88.5 Å². The third kappa shape index (κ3) is 2.26. The molecule has 2 N–H and O–H groups in total. The normalized spacial score (nSPS) is 9.93. The highest BCUT2D eigenvalue weighted by Crippen LogP contribution is 2.25. The number of aryl methyl sites for hydroxylation is 1. The van der Waals surface area contributed by atoms with Crippen molar-refractivity contribution in [3.8, 4) is 11.5 Å². The zero-order valence-corrected chi connectivity index (χ0v) is 8.47. The van der Waals surface area contributed by atoms with E-state index in [9.17, 15) is 0 Å². The van der Waals surface area contributed by atoms with Gasteiger partial charge in [-0.2, -0.15) is 0 Å². The number of nitrogens with zero attached hydrogens (tertiary/aromatic N) is 1. The first kappa shape index (κ1) is 9.52. The van der Waals surface area contributed by atoms with Gasteiger partial charge in [0.25, 0.3) is 0 Å². The SMILES string of the molecule is Cc1ccc(Oc2ccncc2N)cc1. The standard InChI is InChI=1S/C12H12N2O/c1-9-2-4-10(5-3-9)15-12-6-7-14-8-11(12)13/h2-8H,13H2,1H3. The molecule has 3 heteroatoms. The summed E-state index contributed by atoms with van der Waals surface area (Å²) in [6.07, 6.45) is 3.23. The van der Waals surface area contributed by atoms with Crippen LogP contribution in [0.5, 0.6) is 11.5 Å². The van der Waals surface area contributed by atoms with E-state index in [0.717, 1.165) is 5.75 Å². The number of nitrogens with two attached hydrogens (primary N) is 1. The van der Waals surface area contributed by atoms with Gasteiger partial charge in [-0.15, -0.1) is 0 Å². The Morgan fingerprint density at radius 3 is 2.53 bits per heavy atom. The number of benzene rings is 1. The minimum Gasteiger partial charge on any atom is -0.455 e. The smallest absolute Gasteiger partial charge is 0.153 e. The second-order valence-electron chi connectivity index (χ2n) is 3.33. The molecule has 0 spiro atoms. The van der Waals surface area contributed by atoms with Crippen molar-refractivity contribution in [1.29, 1.82) is 0 Å². The number of nitrogen functional groups attached to an aromatic ring is 1. The van der Waals surface area contributed by atoms with Gasteiger partial charge in [0.2, 0.25) is 0 Å². The maximum atomic E-state index is 5.71. The number of hydrogen-bond acceptors (Lipinski definition) is 3. The number of hydrogen-bond donors (Lipinski definition) is 1. The van der Waals surface area contributed by atoms with Crippen LogP contribution in [-0.4, -0.2) is 4.98 Å². The second kappa shape index (κ2) is 4.00. The van der Waals surface area contributed by atoms with E-state index in [1.807, 2.05) is 31.2 Å². The summed E-state index contributed by atoms with van der Waals surface area (Å²) in [7, 11) is 0. The van der Waals surface area contributed by atoms with Crippen LogP contribution >= 0.6 is 0 Å². The summed E-state index contributed by atoms with van der Waals surface area (Å²) in [5.74, 6) is 1.41. The van der Waals surface area contributed by atoms with Crippen molar-refractivity contribution in [2.45, 2.75) is 6.92 Å². The van der Waals surface area contributed by atoms with E-state index in [-0.39, 0.29) is 0 Å². The van der Waals surface area contributed by atoms with Crippen LogP contribution in [0.1, 0.15) is 5.56 Å². The minimum absolute atomic E-state index is 0.540. The largest absolute Gasteiger partial charge is 0.455 e. The lowest BCUT2D eigenvalue weighted by Crippen LogP contribution is -1.92. The lowest BCUT2D eigenvalue weighted by atomic mass is 10.2. The average Bonchev–Trinajstić information content (AvgIpc) is 2.25. The summed E-state index contributed by atoms with van der Waals surface area (Å²) in [6, 6.07) is 9.55. The Hall–Kier alpha value is -2.03. The summed E-state index contributed by atoms with van der Waals surface area (Å²) in [6.45, 7) is 2.03. The predicted octanol–water partition coefficient (Wildman–Crippen LogP) is 2.76. The van der Waals surface area contributed by atoms with Crippen LogP contribution in [0.15, 0.2) is 42.7 Å². The highest BCUT2D eigenvalue weighted by Gasteiger charge is 2.00. The van der Waals surface area contributed by atoms with E-state index in [1.165, 1.54) is 5.56 Å². The van der Waals surface area contributed by atoms with Gasteiger partial charge >= 0.3 is 0 Å². The van der Waals surface area contributed by atoms with E-state index >= 15 is 0 Å². The van der Waals surface area contributed by atoms with Gasteiger partial charge in [0.1, 0.15) is 5.75 Å². The lowest BCUT2D eigenvalue weighted by Gasteiger charge is -2.07. The molecule has 3 nitrogen and oxygen atoms in total. The molecule has 1 aromatic carbocycles. The Balaban J connectivity index is 2.22. The minimum atomic E-state index is 0.540. The topological polar surface area (TPSA) is 48.1 Å². The summed E-state index contributed by atoms with van der Waals surface area (Å²) in [4.78, 5) is 3.90. The molecular formula is C12H12N2O. The highest BCUT2D eigenvalue weighted by molar-refractivity contribution is 5.51. The molecule has 0 atom stereocenters. The molecule has 0 radical (unpaired) electrons. The van der Waals surface area contributed by atoms with E-state index in [2.05, 4.69) is 4.98 Å². The molecule has 0 bridgehead atoms. The van der Waals surface area contributed by atoms with Gasteiger partial charge in [-0.05, 0) is 19.1 Å². The van der Waals surface area contributed by atoms with Crippen molar-refractivity contribution >= 4 is 5.69 Å². The molecule has 0 unspecified atom stereocenters. The number of pyridine rings is 1. The van der Waals surface area contributed by atoms with Crippen molar-refractivity contribution in [2.75, 3.05) is 5.73 Å². The first-order valence-electron chi connectivity index (χ1n) is 4.70. The molecule has 1 heterocycles. The molecule has 2 rings (SSSR count). The molecule has 0 saturated heterocycles. The van der Waals surface area contributed by atoms with Crippen molar-refractivity contribution in [2.24, 2.45) is 0 Å². The monoisotopic (exact) mass is 200 g/mol. The molecule has 15 heavy (non-hydrogen) atoms. The maximum Gasteiger partial charge on any atom is 0.153 e. The van der Waals surface area contributed by atoms with Crippen LogP contribution in [-0.2, 0) is 0 Å². The van der Waals surface area contributed by atoms with Gasteiger partial charge in [0.05, 0.1) is 11.9 Å². The molecule has 76 valence electrons. The zero-order chi connectivity index (χ0) is 10.7. The number of rotatable bonds is 2. The summed E-state index contributed by atoms with van der Waals surface area (Å²) in [5, 5.41) is 0. The molecule has 2 aromatic rings. The second-order valence-corrected chi connectivity index (χ2v) is 3.33. The van der Waals surface area contributed by atoms with Gasteiger partial charge < -0.3 is 10.5 Å². The molecule has 0 fully saturated rings. The first-order chi connectivity index (χ1) is 7.25. The molecular weight excluding hydrogens is 188 g/mol. The van der Waals surface area contributed by atoms with Gasteiger partial charge in [-0.25, -0.2) is 0 Å². The number of anilines is 1. The fourth-order valence-corrected chi connectivity index (χ4v) is 1.22. The first-order valence-corrected chi connectivity index (χ1v) is 4.70. The van der Waals surface area contributed by atoms with Gasteiger partial charge in [0.15, 0.2) is 5.75 Å². The van der Waals surface area contributed by atoms with Crippen molar-refractivity contribution < 1.29 is 4.74 Å². The van der Waals surface area contributed by atoms with Crippen LogP contribution in [0.3, 0.4) is 0 Å². The molecule has 0 aliphatic carbocycles. The number of aromatic nitrogens is 1. The van der Waals surface area contributed by atoms with Gasteiger partial charge in [0, 0.05) is 12.3 Å². The van der Waals surface area contributed by atoms with Gasteiger partial charge in [-0.3, -0.25) is 4.98 Å². The van der Waals surface area contributed by atoms with E-state index in [0.29, 0.717) is 11.4 Å². The summed E-state index contributed by atoms with van der Waals surface area (Å²) in [5.41, 5.74) is 7.45. The molecule has 0 aliphatic rings. The van der Waals surface area contributed by atoms with Crippen LogP contribution in [0.25, 0.3) is 0 Å². The molecule has 0 amide bonds. The molecule has 1 aromatic heterocycles. The fraction of sp³-hybridized carbons (Fsp3) is 0.0833. The van der Waals surface area contributed by atoms with Crippen molar-refractivity contribution in [3.05, 3.63) is 48.3 Å². The summed E-state index contributed by atoms with van der Waals surface area (Å²) >= 11 is 0. The van der Waals surface area contributed by atoms with Crippen LogP contribution in [0, 0.1) is 6.92 Å². The van der Waals surface area contributed by atoms with E-state index in [4.69, 9.17) is 10.5 Å². The van der Waals surface area contributed by atoms with Crippen LogP contribution in [0.4, 0.5) is 5.69 Å². The van der Waals surface area contributed by atoms with E-state index < -0.39 is 0 Å². The predicted molar refractivity (Wildman–Crippen MR) is 59.9 cm³/mol. The van der Waals surface area contributed by atoms with Crippen LogP contribution in [0.2, 0.25) is 0 Å². The van der Waals surface area contributed by atoms with Crippen molar-refractivity contribution in [3.63, 3.8) is 0 Å². The molecule has 0 saturated carbocycles. The fourth-order valence-electron chi connectivity index (χ4n) is 1.22. The average molecular weight is 200 g/mol. The third-order valence-corrected chi connectivity index (χ3v) is 2.06. The Morgan fingerprint density at radius 1 is 1.13 bits per heavy atom. The Kier molecular flexibility index (Phi) is 2.54. The maximum absolute atomic E-state index is 5.71. The Morgan fingerprint density at radius 2 is 1.87 bits per heavy atom. The quantitative estimate of drug-likeness (QED) is 0.810. The van der Waals surface area contributed by atoms with E-state index in [1.54, 1.807) is 18.5 Å². The Bertz CT molecular complexity index is 451. The van der Waals surface area contributed by atoms with Crippen molar-refractivity contribution in [1.82, 2.24) is 4.98 Å². The summed E-state index contributed by atoms with van der Waals surface area (Å²) < 4.78 is 5.60. The highest BCUT2D eigenvalue weighted by atomic mass is 16.5. The molecule has 0 aliphatic heterocycles. The van der Waals surface area contributed by atoms with Gasteiger partial charge in [-0.1, -0.05) is 17.7 Å². The third-order valence-electron chi connectivity index (χ3n) is 2.06. The van der Waals surface area contributed by atoms with Crippen LogP contribution < -0.4 is 10.5 Å². The number of ether oxygens (including phenoxy) is 1.